The molecule has 1 heterocycles. The highest BCUT2D eigenvalue weighted by Crippen LogP contribution is 2.33. The van der Waals surface area contributed by atoms with Gasteiger partial charge in [-0.05, 0) is 39.7 Å². The number of piperazine rings is 1. The summed E-state index contributed by atoms with van der Waals surface area (Å²) in [5, 5.41) is 12.8. The van der Waals surface area contributed by atoms with Crippen LogP contribution in [0.1, 0.15) is 40.0 Å². The van der Waals surface area contributed by atoms with E-state index in [-0.39, 0.29) is 5.54 Å². The predicted molar refractivity (Wildman–Crippen MR) is 77.9 cm³/mol. The highest BCUT2D eigenvalue weighted by Gasteiger charge is 2.41. The molecular weight excluding hydrogens is 236 g/mol. The smallest absolute Gasteiger partial charge is 0.108 e. The minimum absolute atomic E-state index is 0.255. The van der Waals surface area contributed by atoms with Gasteiger partial charge in [0.15, 0.2) is 0 Å². The Labute approximate surface area is 117 Å². The van der Waals surface area contributed by atoms with Crippen LogP contribution in [0.3, 0.4) is 0 Å². The second-order valence-corrected chi connectivity index (χ2v) is 6.29. The Balaban J connectivity index is 1.87. The molecule has 108 valence electrons. The van der Waals surface area contributed by atoms with Crippen LogP contribution in [0.2, 0.25) is 0 Å². The first-order valence-electron chi connectivity index (χ1n) is 7.74. The van der Waals surface area contributed by atoms with Crippen molar-refractivity contribution in [3.05, 3.63) is 0 Å². The van der Waals surface area contributed by atoms with E-state index in [1.54, 1.807) is 0 Å². The number of hydrogen-bond donors (Lipinski definition) is 1. The van der Waals surface area contributed by atoms with E-state index >= 15 is 0 Å². The van der Waals surface area contributed by atoms with Gasteiger partial charge in [0.2, 0.25) is 0 Å². The molecule has 0 aromatic rings. The highest BCUT2D eigenvalue weighted by molar-refractivity contribution is 5.13. The van der Waals surface area contributed by atoms with Crippen molar-refractivity contribution in [1.82, 2.24) is 15.1 Å². The molecule has 2 unspecified atom stereocenters. The second kappa shape index (κ2) is 6.21. The molecule has 1 N–H and O–H groups in total. The third-order valence-corrected chi connectivity index (χ3v) is 4.81. The largest absolute Gasteiger partial charge is 0.300 e. The number of rotatable bonds is 4. The van der Waals surface area contributed by atoms with Gasteiger partial charge >= 0.3 is 0 Å². The van der Waals surface area contributed by atoms with E-state index < -0.39 is 0 Å². The van der Waals surface area contributed by atoms with Crippen molar-refractivity contribution in [3.63, 3.8) is 0 Å². The van der Waals surface area contributed by atoms with Crippen LogP contribution in [0, 0.1) is 11.3 Å². The molecule has 1 aliphatic carbocycles. The van der Waals surface area contributed by atoms with Crippen LogP contribution in [0.4, 0.5) is 0 Å². The zero-order valence-corrected chi connectivity index (χ0v) is 12.7. The number of nitrogens with zero attached hydrogens (tertiary/aromatic N) is 3. The van der Waals surface area contributed by atoms with Gasteiger partial charge in [0.1, 0.15) is 5.54 Å². The minimum Gasteiger partial charge on any atom is -0.300 e. The topological polar surface area (TPSA) is 42.3 Å². The molecule has 2 aliphatic rings. The summed E-state index contributed by atoms with van der Waals surface area (Å²) < 4.78 is 0. The number of nitrogens with one attached hydrogen (secondary N) is 1. The van der Waals surface area contributed by atoms with Gasteiger partial charge in [-0.3, -0.25) is 15.1 Å². The third-order valence-electron chi connectivity index (χ3n) is 4.81. The van der Waals surface area contributed by atoms with E-state index in [0.717, 1.165) is 32.5 Å². The van der Waals surface area contributed by atoms with E-state index in [4.69, 9.17) is 0 Å². The lowest BCUT2D eigenvalue weighted by Crippen LogP contribution is -2.52. The lowest BCUT2D eigenvalue weighted by Gasteiger charge is -2.40. The quantitative estimate of drug-likeness (QED) is 0.834. The van der Waals surface area contributed by atoms with Gasteiger partial charge in [-0.1, -0.05) is 6.92 Å². The Hall–Kier alpha value is -0.630. The SMILES string of the molecule is CCNC1(C#N)CCC(N2CCN(C(C)C)CC2)C1. The van der Waals surface area contributed by atoms with Crippen molar-refractivity contribution in [3.8, 4) is 6.07 Å². The van der Waals surface area contributed by atoms with Crippen LogP contribution in [0.25, 0.3) is 0 Å². The van der Waals surface area contributed by atoms with Crippen molar-refractivity contribution in [2.24, 2.45) is 0 Å². The first kappa shape index (κ1) is 14.8. The first-order valence-corrected chi connectivity index (χ1v) is 7.74. The summed E-state index contributed by atoms with van der Waals surface area (Å²) in [6.07, 6.45) is 3.17. The molecule has 1 saturated carbocycles. The fraction of sp³-hybridized carbons (Fsp3) is 0.933. The van der Waals surface area contributed by atoms with Crippen molar-refractivity contribution < 1.29 is 0 Å². The molecule has 0 radical (unpaired) electrons. The minimum atomic E-state index is -0.255. The molecule has 0 aromatic heterocycles. The number of hydrogen-bond acceptors (Lipinski definition) is 4. The molecular formula is C15H28N4. The van der Waals surface area contributed by atoms with Gasteiger partial charge in [0, 0.05) is 38.3 Å². The average molecular weight is 264 g/mol. The standard InChI is InChI=1S/C15H28N4/c1-4-17-15(12-16)6-5-14(11-15)19-9-7-18(8-10-19)13(2)3/h13-14,17H,4-11H2,1-3H3. The summed E-state index contributed by atoms with van der Waals surface area (Å²) in [6, 6.07) is 3.79. The van der Waals surface area contributed by atoms with E-state index in [1.165, 1.54) is 19.5 Å². The van der Waals surface area contributed by atoms with Crippen LogP contribution in [-0.4, -0.2) is 60.1 Å². The zero-order chi connectivity index (χ0) is 13.9. The normalized spacial score (nSPS) is 33.7. The average Bonchev–Trinajstić information content (AvgIpc) is 2.84. The molecule has 1 saturated heterocycles. The summed E-state index contributed by atoms with van der Waals surface area (Å²) >= 11 is 0. The Morgan fingerprint density at radius 2 is 2.00 bits per heavy atom. The lowest BCUT2D eigenvalue weighted by molar-refractivity contribution is 0.0781. The number of nitriles is 1. The summed E-state index contributed by atoms with van der Waals surface area (Å²) in [5.74, 6) is 0. The van der Waals surface area contributed by atoms with Crippen LogP contribution < -0.4 is 5.32 Å². The van der Waals surface area contributed by atoms with E-state index in [1.807, 2.05) is 0 Å². The Morgan fingerprint density at radius 1 is 1.32 bits per heavy atom. The monoisotopic (exact) mass is 264 g/mol. The third kappa shape index (κ3) is 3.28. The maximum Gasteiger partial charge on any atom is 0.108 e. The van der Waals surface area contributed by atoms with Crippen molar-refractivity contribution in [2.75, 3.05) is 32.7 Å². The molecule has 2 fully saturated rings. The van der Waals surface area contributed by atoms with E-state index in [2.05, 4.69) is 42.0 Å². The molecule has 19 heavy (non-hydrogen) atoms. The maximum absolute atomic E-state index is 9.44. The Morgan fingerprint density at radius 3 is 2.53 bits per heavy atom. The zero-order valence-electron chi connectivity index (χ0n) is 12.7. The molecule has 2 rings (SSSR count). The van der Waals surface area contributed by atoms with Crippen molar-refractivity contribution >= 4 is 0 Å². The molecule has 0 aromatic carbocycles. The van der Waals surface area contributed by atoms with E-state index in [0.29, 0.717) is 12.1 Å². The Bertz CT molecular complexity index is 328. The molecule has 0 bridgehead atoms. The second-order valence-electron chi connectivity index (χ2n) is 6.29. The first-order chi connectivity index (χ1) is 9.10. The van der Waals surface area contributed by atoms with Gasteiger partial charge in [0.05, 0.1) is 6.07 Å². The molecule has 4 nitrogen and oxygen atoms in total. The molecule has 0 amide bonds. The van der Waals surface area contributed by atoms with Crippen LogP contribution in [0.15, 0.2) is 0 Å². The summed E-state index contributed by atoms with van der Waals surface area (Å²) in [6.45, 7) is 12.2. The summed E-state index contributed by atoms with van der Waals surface area (Å²) in [7, 11) is 0. The lowest BCUT2D eigenvalue weighted by atomic mass is 9.99. The summed E-state index contributed by atoms with van der Waals surface area (Å²) in [4.78, 5) is 5.16. The van der Waals surface area contributed by atoms with Crippen LogP contribution in [-0.2, 0) is 0 Å². The fourth-order valence-electron chi connectivity index (χ4n) is 3.59. The van der Waals surface area contributed by atoms with Gasteiger partial charge in [-0.25, -0.2) is 0 Å². The highest BCUT2D eigenvalue weighted by atomic mass is 15.3. The van der Waals surface area contributed by atoms with Crippen LogP contribution >= 0.6 is 0 Å². The molecule has 1 aliphatic heterocycles. The van der Waals surface area contributed by atoms with Crippen molar-refractivity contribution in [2.45, 2.75) is 57.7 Å². The Kier molecular flexibility index (Phi) is 4.83. The van der Waals surface area contributed by atoms with Crippen LogP contribution in [0.5, 0.6) is 0 Å². The maximum atomic E-state index is 9.44. The summed E-state index contributed by atoms with van der Waals surface area (Å²) in [5.41, 5.74) is -0.255. The molecule has 2 atom stereocenters. The fourth-order valence-corrected chi connectivity index (χ4v) is 3.59. The van der Waals surface area contributed by atoms with Gasteiger partial charge in [-0.15, -0.1) is 0 Å². The van der Waals surface area contributed by atoms with Gasteiger partial charge in [-0.2, -0.15) is 5.26 Å². The predicted octanol–water partition coefficient (Wildman–Crippen LogP) is 1.44. The molecule has 4 heteroatoms. The van der Waals surface area contributed by atoms with Gasteiger partial charge in [0.25, 0.3) is 0 Å². The van der Waals surface area contributed by atoms with Gasteiger partial charge < -0.3 is 0 Å². The van der Waals surface area contributed by atoms with Crippen molar-refractivity contribution in [1.29, 1.82) is 5.26 Å². The molecule has 0 spiro atoms. The van der Waals surface area contributed by atoms with E-state index in [9.17, 15) is 5.26 Å².